The van der Waals surface area contributed by atoms with Gasteiger partial charge in [0, 0.05) is 0 Å². The number of aliphatic hydroxyl groups excluding tert-OH is 1. The molecule has 3 heteroatoms. The van der Waals surface area contributed by atoms with Crippen molar-refractivity contribution < 1.29 is 9.84 Å². The molecule has 78 valence electrons. The molecule has 0 fully saturated rings. The molecule has 0 radical (unpaired) electrons. The first-order valence-corrected chi connectivity index (χ1v) is 5.66. The van der Waals surface area contributed by atoms with Crippen LogP contribution in [0.4, 0.5) is 0 Å². The van der Waals surface area contributed by atoms with Crippen molar-refractivity contribution in [3.05, 3.63) is 52.2 Å². The fourth-order valence-corrected chi connectivity index (χ4v) is 1.89. The summed E-state index contributed by atoms with van der Waals surface area (Å²) in [6.07, 6.45) is 0. The van der Waals surface area contributed by atoms with E-state index in [1.807, 2.05) is 35.7 Å². The maximum Gasteiger partial charge on any atom is 0.119 e. The molecule has 2 nitrogen and oxygen atoms in total. The van der Waals surface area contributed by atoms with E-state index >= 15 is 0 Å². The predicted octanol–water partition coefficient (Wildman–Crippen LogP) is 2.82. The lowest BCUT2D eigenvalue weighted by atomic mass is 10.2. The van der Waals surface area contributed by atoms with Gasteiger partial charge in [-0.2, -0.15) is 11.3 Å². The summed E-state index contributed by atoms with van der Waals surface area (Å²) in [5.74, 6) is 0.832. The molecule has 0 saturated heterocycles. The van der Waals surface area contributed by atoms with Gasteiger partial charge in [-0.25, -0.2) is 0 Å². The van der Waals surface area contributed by atoms with E-state index in [0.29, 0.717) is 6.61 Å². The van der Waals surface area contributed by atoms with Crippen molar-refractivity contribution in [2.75, 3.05) is 0 Å². The van der Waals surface area contributed by atoms with Gasteiger partial charge < -0.3 is 9.84 Å². The normalized spacial score (nSPS) is 10.2. The minimum absolute atomic E-state index is 0.0742. The monoisotopic (exact) mass is 220 g/mol. The number of aliphatic hydroxyl groups is 1. The van der Waals surface area contributed by atoms with Crippen molar-refractivity contribution in [3.8, 4) is 5.75 Å². The number of hydrogen-bond acceptors (Lipinski definition) is 3. The third-order valence-electron chi connectivity index (χ3n) is 2.09. The van der Waals surface area contributed by atoms with Gasteiger partial charge in [0.25, 0.3) is 0 Å². The van der Waals surface area contributed by atoms with Gasteiger partial charge in [-0.3, -0.25) is 0 Å². The summed E-state index contributed by atoms with van der Waals surface area (Å²) in [7, 11) is 0. The largest absolute Gasteiger partial charge is 0.489 e. The molecule has 0 bridgehead atoms. The summed E-state index contributed by atoms with van der Waals surface area (Å²) in [4.78, 5) is 0. The van der Waals surface area contributed by atoms with E-state index in [9.17, 15) is 0 Å². The molecule has 1 aromatic carbocycles. The molecule has 2 aromatic rings. The molecule has 0 aliphatic rings. The van der Waals surface area contributed by atoms with Crippen LogP contribution in [0.25, 0.3) is 0 Å². The Labute approximate surface area is 92.8 Å². The van der Waals surface area contributed by atoms with Crippen LogP contribution in [0.15, 0.2) is 41.1 Å². The Hall–Kier alpha value is -1.32. The second kappa shape index (κ2) is 4.96. The Morgan fingerprint density at radius 3 is 2.47 bits per heavy atom. The van der Waals surface area contributed by atoms with Crippen LogP contribution < -0.4 is 4.74 Å². The van der Waals surface area contributed by atoms with E-state index in [1.54, 1.807) is 11.3 Å². The van der Waals surface area contributed by atoms with Gasteiger partial charge in [0.15, 0.2) is 0 Å². The molecule has 0 aliphatic heterocycles. The zero-order chi connectivity index (χ0) is 10.5. The highest BCUT2D eigenvalue weighted by molar-refractivity contribution is 7.07. The summed E-state index contributed by atoms with van der Waals surface area (Å²) in [6, 6.07) is 9.52. The quantitative estimate of drug-likeness (QED) is 0.858. The molecule has 1 heterocycles. The molecule has 0 spiro atoms. The van der Waals surface area contributed by atoms with Gasteiger partial charge in [0.2, 0.25) is 0 Å². The third kappa shape index (κ3) is 2.81. The highest BCUT2D eigenvalue weighted by Crippen LogP contribution is 2.15. The van der Waals surface area contributed by atoms with Crippen molar-refractivity contribution in [3.63, 3.8) is 0 Å². The van der Waals surface area contributed by atoms with Gasteiger partial charge in [-0.15, -0.1) is 0 Å². The number of rotatable bonds is 4. The van der Waals surface area contributed by atoms with Crippen molar-refractivity contribution in [2.45, 2.75) is 13.2 Å². The minimum atomic E-state index is 0.0742. The number of thiophene rings is 1. The van der Waals surface area contributed by atoms with Crippen molar-refractivity contribution in [1.82, 2.24) is 0 Å². The average Bonchev–Trinajstić information content (AvgIpc) is 2.80. The fraction of sp³-hybridized carbons (Fsp3) is 0.167. The highest BCUT2D eigenvalue weighted by atomic mass is 32.1. The summed E-state index contributed by atoms with van der Waals surface area (Å²) in [5, 5.41) is 13.0. The summed E-state index contributed by atoms with van der Waals surface area (Å²) in [5.41, 5.74) is 2.09. The molecule has 0 atom stereocenters. The predicted molar refractivity (Wildman–Crippen MR) is 61.0 cm³/mol. The lowest BCUT2D eigenvalue weighted by molar-refractivity contribution is 0.281. The second-order valence-electron chi connectivity index (χ2n) is 3.22. The molecular formula is C12H12O2S. The van der Waals surface area contributed by atoms with E-state index < -0.39 is 0 Å². The fourth-order valence-electron chi connectivity index (χ4n) is 1.23. The standard InChI is InChI=1S/C12H12O2S/c13-7-10-1-3-12(4-2-10)14-8-11-5-6-15-9-11/h1-6,9,13H,7-8H2. The first kappa shape index (κ1) is 10.2. The molecule has 0 saturated carbocycles. The van der Waals surface area contributed by atoms with Crippen molar-refractivity contribution in [2.24, 2.45) is 0 Å². The smallest absolute Gasteiger partial charge is 0.119 e. The Bertz CT molecular complexity index is 392. The van der Waals surface area contributed by atoms with Gasteiger partial charge in [0.1, 0.15) is 12.4 Å². The van der Waals surface area contributed by atoms with Crippen molar-refractivity contribution >= 4 is 11.3 Å². The van der Waals surface area contributed by atoms with Crippen LogP contribution in [-0.2, 0) is 13.2 Å². The van der Waals surface area contributed by atoms with E-state index in [4.69, 9.17) is 9.84 Å². The first-order chi connectivity index (χ1) is 7.38. The molecule has 0 amide bonds. The lowest BCUT2D eigenvalue weighted by Crippen LogP contribution is -1.93. The Morgan fingerprint density at radius 2 is 1.87 bits per heavy atom. The molecule has 0 aliphatic carbocycles. The SMILES string of the molecule is OCc1ccc(OCc2ccsc2)cc1. The van der Waals surface area contributed by atoms with Crippen LogP contribution in [0.3, 0.4) is 0 Å². The number of hydrogen-bond donors (Lipinski definition) is 1. The summed E-state index contributed by atoms with van der Waals surface area (Å²) < 4.78 is 5.57. The van der Waals surface area contributed by atoms with Gasteiger partial charge in [-0.05, 0) is 40.1 Å². The zero-order valence-electron chi connectivity index (χ0n) is 8.22. The molecule has 1 N–H and O–H groups in total. The lowest BCUT2D eigenvalue weighted by Gasteiger charge is -2.05. The third-order valence-corrected chi connectivity index (χ3v) is 2.82. The van der Waals surface area contributed by atoms with E-state index in [1.165, 1.54) is 5.56 Å². The highest BCUT2D eigenvalue weighted by Gasteiger charge is 1.96. The average molecular weight is 220 g/mol. The van der Waals surface area contributed by atoms with Crippen LogP contribution in [0, 0.1) is 0 Å². The first-order valence-electron chi connectivity index (χ1n) is 4.72. The van der Waals surface area contributed by atoms with Crippen molar-refractivity contribution in [1.29, 1.82) is 0 Å². The summed E-state index contributed by atoms with van der Waals surface area (Å²) >= 11 is 1.67. The maximum atomic E-state index is 8.87. The van der Waals surface area contributed by atoms with Gasteiger partial charge in [0.05, 0.1) is 6.61 Å². The Morgan fingerprint density at radius 1 is 1.07 bits per heavy atom. The molecule has 15 heavy (non-hydrogen) atoms. The van der Waals surface area contributed by atoms with Crippen LogP contribution >= 0.6 is 11.3 Å². The molecule has 0 unspecified atom stereocenters. The number of ether oxygens (including phenoxy) is 1. The minimum Gasteiger partial charge on any atom is -0.489 e. The van der Waals surface area contributed by atoms with Crippen LogP contribution in [-0.4, -0.2) is 5.11 Å². The van der Waals surface area contributed by atoms with E-state index in [2.05, 4.69) is 5.38 Å². The molecular weight excluding hydrogens is 208 g/mol. The van der Waals surface area contributed by atoms with Gasteiger partial charge in [-0.1, -0.05) is 12.1 Å². The van der Waals surface area contributed by atoms with Crippen LogP contribution in [0.5, 0.6) is 5.75 Å². The number of benzene rings is 1. The van der Waals surface area contributed by atoms with Gasteiger partial charge >= 0.3 is 0 Å². The Balaban J connectivity index is 1.93. The molecule has 1 aromatic heterocycles. The second-order valence-corrected chi connectivity index (χ2v) is 4.00. The summed E-state index contributed by atoms with van der Waals surface area (Å²) in [6.45, 7) is 0.673. The van der Waals surface area contributed by atoms with E-state index in [0.717, 1.165) is 11.3 Å². The Kier molecular flexibility index (Phi) is 3.37. The van der Waals surface area contributed by atoms with E-state index in [-0.39, 0.29) is 6.61 Å². The van der Waals surface area contributed by atoms with Crippen LogP contribution in [0.2, 0.25) is 0 Å². The van der Waals surface area contributed by atoms with Crippen LogP contribution in [0.1, 0.15) is 11.1 Å². The zero-order valence-corrected chi connectivity index (χ0v) is 9.04. The topological polar surface area (TPSA) is 29.5 Å². The molecule has 2 rings (SSSR count). The maximum absolute atomic E-state index is 8.87.